The summed E-state index contributed by atoms with van der Waals surface area (Å²) in [5.74, 6) is 3.96. The molecule has 0 aromatic carbocycles. The van der Waals surface area contributed by atoms with Crippen molar-refractivity contribution in [1.82, 2.24) is 15.5 Å². The Kier molecular flexibility index (Phi) is 3.51. The van der Waals surface area contributed by atoms with E-state index in [4.69, 9.17) is 4.42 Å². The first-order valence-electron chi connectivity index (χ1n) is 6.27. The van der Waals surface area contributed by atoms with E-state index < -0.39 is 0 Å². The van der Waals surface area contributed by atoms with E-state index in [2.05, 4.69) is 20.8 Å². The summed E-state index contributed by atoms with van der Waals surface area (Å²) in [6, 6.07) is 1.24. The van der Waals surface area contributed by atoms with E-state index >= 15 is 0 Å². The quantitative estimate of drug-likeness (QED) is 0.802. The predicted molar refractivity (Wildman–Crippen MR) is 68.1 cm³/mol. The Labute approximate surface area is 105 Å². The highest BCUT2D eigenvalue weighted by molar-refractivity contribution is 7.99. The molecule has 2 N–H and O–H groups in total. The molecule has 1 unspecified atom stereocenters. The highest BCUT2D eigenvalue weighted by atomic mass is 32.2. The first kappa shape index (κ1) is 11.3. The molecule has 94 valence electrons. The highest BCUT2D eigenvalue weighted by Gasteiger charge is 2.21. The van der Waals surface area contributed by atoms with Gasteiger partial charge in [-0.05, 0) is 36.7 Å². The van der Waals surface area contributed by atoms with Gasteiger partial charge in [-0.2, -0.15) is 11.8 Å². The summed E-state index contributed by atoms with van der Waals surface area (Å²) in [6.07, 6.45) is 3.85. The molecule has 6 heteroatoms. The first-order valence-corrected chi connectivity index (χ1v) is 7.43. The Morgan fingerprint density at radius 3 is 3.00 bits per heavy atom. The summed E-state index contributed by atoms with van der Waals surface area (Å²) in [4.78, 5) is 0. The molecule has 1 aromatic rings. The van der Waals surface area contributed by atoms with Crippen LogP contribution in [0.15, 0.2) is 4.42 Å². The van der Waals surface area contributed by atoms with Gasteiger partial charge in [0.15, 0.2) is 0 Å². The minimum Gasteiger partial charge on any atom is -0.407 e. The normalized spacial score (nSPS) is 24.1. The van der Waals surface area contributed by atoms with Gasteiger partial charge in [0.25, 0.3) is 0 Å². The molecule has 2 heterocycles. The third-order valence-corrected chi connectivity index (χ3v) is 4.38. The van der Waals surface area contributed by atoms with Crippen LogP contribution in [0.5, 0.6) is 0 Å². The minimum atomic E-state index is 0.564. The Balaban J connectivity index is 1.42. The summed E-state index contributed by atoms with van der Waals surface area (Å²) in [5, 5.41) is 14.6. The van der Waals surface area contributed by atoms with E-state index in [1.165, 1.54) is 30.8 Å². The Bertz CT molecular complexity index is 360. The van der Waals surface area contributed by atoms with E-state index in [1.54, 1.807) is 0 Å². The van der Waals surface area contributed by atoms with Crippen LogP contribution in [0.2, 0.25) is 0 Å². The van der Waals surface area contributed by atoms with Gasteiger partial charge in [-0.15, -0.1) is 5.10 Å². The number of rotatable bonds is 6. The smallest absolute Gasteiger partial charge is 0.315 e. The summed E-state index contributed by atoms with van der Waals surface area (Å²) < 4.78 is 5.52. The lowest BCUT2D eigenvalue weighted by Gasteiger charge is -2.06. The molecule has 2 fully saturated rings. The fraction of sp³-hybridized carbons (Fsp3) is 0.818. The monoisotopic (exact) mass is 254 g/mol. The molecular weight excluding hydrogens is 236 g/mol. The van der Waals surface area contributed by atoms with Gasteiger partial charge in [0.2, 0.25) is 5.89 Å². The van der Waals surface area contributed by atoms with Gasteiger partial charge in [-0.3, -0.25) is 0 Å². The summed E-state index contributed by atoms with van der Waals surface area (Å²) in [7, 11) is 0. The second-order valence-corrected chi connectivity index (χ2v) is 5.92. The molecule has 1 saturated carbocycles. The van der Waals surface area contributed by atoms with E-state index in [9.17, 15) is 0 Å². The molecule has 0 amide bonds. The van der Waals surface area contributed by atoms with Gasteiger partial charge >= 0.3 is 6.01 Å². The van der Waals surface area contributed by atoms with Crippen LogP contribution in [0.3, 0.4) is 0 Å². The molecule has 1 aliphatic carbocycles. The lowest BCUT2D eigenvalue weighted by atomic mass is 10.1. The maximum atomic E-state index is 5.52. The van der Waals surface area contributed by atoms with Crippen molar-refractivity contribution in [1.29, 1.82) is 0 Å². The van der Waals surface area contributed by atoms with Crippen molar-refractivity contribution in [2.75, 3.05) is 23.4 Å². The molecule has 3 rings (SSSR count). The maximum Gasteiger partial charge on any atom is 0.315 e. The van der Waals surface area contributed by atoms with Gasteiger partial charge in [0, 0.05) is 12.6 Å². The van der Waals surface area contributed by atoms with Gasteiger partial charge < -0.3 is 15.1 Å². The molecular formula is C11H18N4OS. The van der Waals surface area contributed by atoms with E-state index in [1.807, 2.05) is 11.8 Å². The standard InChI is InChI=1S/C11H18N4OS/c1-2-9(1)12-6-10-14-15-11(16-10)13-5-8-3-4-17-7-8/h8-9,12H,1-7H2,(H,13,15). The molecule has 0 bridgehead atoms. The highest BCUT2D eigenvalue weighted by Crippen LogP contribution is 2.23. The van der Waals surface area contributed by atoms with Gasteiger partial charge in [-0.1, -0.05) is 5.10 Å². The molecule has 2 aliphatic rings. The zero-order chi connectivity index (χ0) is 11.5. The van der Waals surface area contributed by atoms with Crippen LogP contribution in [0.1, 0.15) is 25.2 Å². The van der Waals surface area contributed by atoms with E-state index in [0.717, 1.165) is 12.5 Å². The van der Waals surface area contributed by atoms with E-state index in [0.29, 0.717) is 24.5 Å². The Morgan fingerprint density at radius 1 is 1.29 bits per heavy atom. The summed E-state index contributed by atoms with van der Waals surface area (Å²) in [5.41, 5.74) is 0. The molecule has 1 saturated heterocycles. The van der Waals surface area contributed by atoms with Gasteiger partial charge in [-0.25, -0.2) is 0 Å². The number of hydrogen-bond donors (Lipinski definition) is 2. The zero-order valence-corrected chi connectivity index (χ0v) is 10.6. The number of hydrogen-bond acceptors (Lipinski definition) is 6. The molecule has 1 aromatic heterocycles. The fourth-order valence-corrected chi connectivity index (χ4v) is 3.18. The number of nitrogens with one attached hydrogen (secondary N) is 2. The third-order valence-electron chi connectivity index (χ3n) is 3.15. The van der Waals surface area contributed by atoms with Crippen LogP contribution in [0.25, 0.3) is 0 Å². The minimum absolute atomic E-state index is 0.564. The van der Waals surface area contributed by atoms with Crippen molar-refractivity contribution >= 4 is 17.8 Å². The number of anilines is 1. The van der Waals surface area contributed by atoms with Crippen LogP contribution < -0.4 is 10.6 Å². The average molecular weight is 254 g/mol. The molecule has 17 heavy (non-hydrogen) atoms. The molecule has 1 atom stereocenters. The zero-order valence-electron chi connectivity index (χ0n) is 9.82. The number of aromatic nitrogens is 2. The first-order chi connectivity index (χ1) is 8.40. The van der Waals surface area contributed by atoms with Crippen LogP contribution in [-0.2, 0) is 6.54 Å². The number of nitrogens with zero attached hydrogens (tertiary/aromatic N) is 2. The number of thioether (sulfide) groups is 1. The van der Waals surface area contributed by atoms with Gasteiger partial charge in [0.1, 0.15) is 0 Å². The average Bonchev–Trinajstić information content (AvgIpc) is 2.86. The van der Waals surface area contributed by atoms with Crippen LogP contribution >= 0.6 is 11.8 Å². The lowest BCUT2D eigenvalue weighted by Crippen LogP contribution is -2.15. The molecule has 0 radical (unpaired) electrons. The van der Waals surface area contributed by atoms with Gasteiger partial charge in [0.05, 0.1) is 6.54 Å². The molecule has 5 nitrogen and oxygen atoms in total. The van der Waals surface area contributed by atoms with Crippen molar-refractivity contribution in [2.45, 2.75) is 31.8 Å². The fourth-order valence-electron chi connectivity index (χ4n) is 1.89. The third kappa shape index (κ3) is 3.35. The van der Waals surface area contributed by atoms with Crippen LogP contribution in [0.4, 0.5) is 6.01 Å². The van der Waals surface area contributed by atoms with Crippen molar-refractivity contribution in [2.24, 2.45) is 5.92 Å². The van der Waals surface area contributed by atoms with Crippen molar-refractivity contribution in [3.8, 4) is 0 Å². The predicted octanol–water partition coefficient (Wildman–Crippen LogP) is 1.49. The summed E-state index contributed by atoms with van der Waals surface area (Å²) in [6.45, 7) is 1.64. The van der Waals surface area contributed by atoms with E-state index in [-0.39, 0.29) is 0 Å². The van der Waals surface area contributed by atoms with Crippen molar-refractivity contribution in [3.05, 3.63) is 5.89 Å². The van der Waals surface area contributed by atoms with Crippen molar-refractivity contribution in [3.63, 3.8) is 0 Å². The topological polar surface area (TPSA) is 63.0 Å². The Morgan fingerprint density at radius 2 is 2.24 bits per heavy atom. The molecule has 1 aliphatic heterocycles. The van der Waals surface area contributed by atoms with Crippen LogP contribution in [-0.4, -0.2) is 34.3 Å². The molecule has 0 spiro atoms. The SMILES string of the molecule is C1CC(CNc2nnc(CNC3CC3)o2)CS1. The van der Waals surface area contributed by atoms with Crippen LogP contribution in [0, 0.1) is 5.92 Å². The second-order valence-electron chi connectivity index (χ2n) is 4.77. The second kappa shape index (κ2) is 5.27. The summed E-state index contributed by atoms with van der Waals surface area (Å²) >= 11 is 2.02. The van der Waals surface area contributed by atoms with Crippen molar-refractivity contribution < 1.29 is 4.42 Å². The maximum absolute atomic E-state index is 5.52. The largest absolute Gasteiger partial charge is 0.407 e. The Hall–Kier alpha value is -0.750. The lowest BCUT2D eigenvalue weighted by molar-refractivity contribution is 0.472.